The Morgan fingerprint density at radius 3 is 2.33 bits per heavy atom. The Hall–Kier alpha value is -2.03. The van der Waals surface area contributed by atoms with Crippen molar-refractivity contribution >= 4 is 23.2 Å². The molecule has 144 valence electrons. The summed E-state index contributed by atoms with van der Waals surface area (Å²) in [5.41, 5.74) is 3.80. The summed E-state index contributed by atoms with van der Waals surface area (Å²) >= 11 is 0. The van der Waals surface area contributed by atoms with Crippen molar-refractivity contribution in [2.75, 3.05) is 0 Å². The van der Waals surface area contributed by atoms with Gasteiger partial charge in [0.05, 0.1) is 0 Å². The molecule has 0 saturated carbocycles. The van der Waals surface area contributed by atoms with E-state index in [4.69, 9.17) is 4.74 Å². The van der Waals surface area contributed by atoms with Gasteiger partial charge in [-0.3, -0.25) is 0 Å². The molecule has 0 fully saturated rings. The molecule has 3 rings (SSSR count). The van der Waals surface area contributed by atoms with Crippen LogP contribution in [0.2, 0.25) is 0 Å². The second kappa shape index (κ2) is 9.25. The maximum atomic E-state index is 6.23. The first-order chi connectivity index (χ1) is 12.5. The van der Waals surface area contributed by atoms with Crippen molar-refractivity contribution in [3.63, 3.8) is 0 Å². The van der Waals surface area contributed by atoms with E-state index in [1.807, 2.05) is 0 Å². The van der Waals surface area contributed by atoms with Gasteiger partial charge in [0.2, 0.25) is 0 Å². The van der Waals surface area contributed by atoms with Crippen molar-refractivity contribution in [1.29, 1.82) is 0 Å². The number of nitrogens with one attached hydrogen (secondary N) is 1. The normalized spacial score (nSPS) is 11.3. The number of hydrogen-bond donors (Lipinski definition) is 1. The van der Waals surface area contributed by atoms with Gasteiger partial charge in [-0.1, -0.05) is 67.1 Å². The quantitative estimate of drug-likeness (QED) is 0.507. The van der Waals surface area contributed by atoms with Gasteiger partial charge in [-0.15, -0.1) is 12.4 Å². The van der Waals surface area contributed by atoms with Crippen LogP contribution in [0, 0.1) is 6.92 Å². The van der Waals surface area contributed by atoms with E-state index >= 15 is 0 Å². The zero-order valence-corrected chi connectivity index (χ0v) is 17.5. The first-order valence-corrected chi connectivity index (χ1v) is 9.42. The summed E-state index contributed by atoms with van der Waals surface area (Å²) in [5.74, 6) is 0.962. The molecule has 0 aliphatic carbocycles. The third-order valence-electron chi connectivity index (χ3n) is 5.14. The van der Waals surface area contributed by atoms with E-state index in [9.17, 15) is 0 Å². The van der Waals surface area contributed by atoms with Crippen molar-refractivity contribution in [2.24, 2.45) is 0 Å². The fourth-order valence-electron chi connectivity index (χ4n) is 2.93. The Labute approximate surface area is 169 Å². The van der Waals surface area contributed by atoms with Crippen molar-refractivity contribution < 1.29 is 4.74 Å². The minimum atomic E-state index is 0. The van der Waals surface area contributed by atoms with Crippen LogP contribution in [-0.4, -0.2) is 5.54 Å². The highest BCUT2D eigenvalue weighted by Crippen LogP contribution is 2.29. The lowest BCUT2D eigenvalue weighted by Crippen LogP contribution is -2.37. The maximum Gasteiger partial charge on any atom is 0.124 e. The van der Waals surface area contributed by atoms with Gasteiger partial charge >= 0.3 is 0 Å². The van der Waals surface area contributed by atoms with Crippen molar-refractivity contribution in [3.8, 4) is 5.75 Å². The summed E-state index contributed by atoms with van der Waals surface area (Å²) in [6.07, 6.45) is 1.08. The van der Waals surface area contributed by atoms with Crippen molar-refractivity contribution in [2.45, 2.75) is 52.8 Å². The molecule has 0 amide bonds. The maximum absolute atomic E-state index is 6.23. The predicted molar refractivity (Wildman–Crippen MR) is 118 cm³/mol. The van der Waals surface area contributed by atoms with Crippen LogP contribution in [0.4, 0.5) is 0 Å². The van der Waals surface area contributed by atoms with Gasteiger partial charge in [0.15, 0.2) is 0 Å². The molecule has 3 aromatic rings. The van der Waals surface area contributed by atoms with Gasteiger partial charge in [0.25, 0.3) is 0 Å². The molecule has 0 spiro atoms. The van der Waals surface area contributed by atoms with Crippen molar-refractivity contribution in [1.82, 2.24) is 5.32 Å². The highest BCUT2D eigenvalue weighted by atomic mass is 35.5. The number of benzene rings is 3. The van der Waals surface area contributed by atoms with E-state index in [1.54, 1.807) is 0 Å². The molecule has 0 aromatic heterocycles. The Kier molecular flexibility index (Phi) is 7.29. The number of ether oxygens (including phenoxy) is 1. The molecule has 27 heavy (non-hydrogen) atoms. The van der Waals surface area contributed by atoms with E-state index in [-0.39, 0.29) is 17.9 Å². The number of hydrogen-bond acceptors (Lipinski definition) is 2. The fraction of sp³-hybridized carbons (Fsp3) is 0.333. The van der Waals surface area contributed by atoms with Crippen LogP contribution in [0.15, 0.2) is 60.7 Å². The van der Waals surface area contributed by atoms with Gasteiger partial charge in [-0.05, 0) is 49.6 Å². The molecule has 0 radical (unpaired) electrons. The molecule has 0 atom stereocenters. The molecule has 0 bridgehead atoms. The summed E-state index contributed by atoms with van der Waals surface area (Å²) in [7, 11) is 0. The molecule has 3 aromatic carbocycles. The van der Waals surface area contributed by atoms with E-state index in [0.29, 0.717) is 6.61 Å². The SMILES string of the molecule is CCC(C)(C)NCc1c(OCc2ccc(C)cc2)ccc2ccccc12.Cl. The van der Waals surface area contributed by atoms with Crippen molar-refractivity contribution in [3.05, 3.63) is 77.4 Å². The summed E-state index contributed by atoms with van der Waals surface area (Å²) in [6.45, 7) is 10.2. The molecule has 3 heteroatoms. The third-order valence-corrected chi connectivity index (χ3v) is 5.14. The fourth-order valence-corrected chi connectivity index (χ4v) is 2.93. The van der Waals surface area contributed by atoms with Crippen LogP contribution < -0.4 is 10.1 Å². The lowest BCUT2D eigenvalue weighted by atomic mass is 9.99. The minimum absolute atomic E-state index is 0. The average molecular weight is 384 g/mol. The topological polar surface area (TPSA) is 21.3 Å². The molecule has 0 saturated heterocycles. The van der Waals surface area contributed by atoms with E-state index in [0.717, 1.165) is 18.7 Å². The van der Waals surface area contributed by atoms with Crippen LogP contribution >= 0.6 is 12.4 Å². The van der Waals surface area contributed by atoms with E-state index in [1.165, 1.54) is 27.5 Å². The number of fused-ring (bicyclic) bond motifs is 1. The second-order valence-corrected chi connectivity index (χ2v) is 7.63. The van der Waals surface area contributed by atoms with Crippen LogP contribution in [0.3, 0.4) is 0 Å². The standard InChI is InChI=1S/C24H29NO.ClH/c1-5-24(3,4)25-16-22-21-9-7-6-8-20(21)14-15-23(22)26-17-19-12-10-18(2)11-13-19;/h6-15,25H,5,16-17H2,1-4H3;1H. The predicted octanol–water partition coefficient (Wildman–Crippen LogP) is 6.43. The lowest BCUT2D eigenvalue weighted by Gasteiger charge is -2.26. The van der Waals surface area contributed by atoms with Crippen LogP contribution in [0.1, 0.15) is 43.9 Å². The highest BCUT2D eigenvalue weighted by molar-refractivity contribution is 5.87. The summed E-state index contributed by atoms with van der Waals surface area (Å²) < 4.78 is 6.23. The Morgan fingerprint density at radius 2 is 1.63 bits per heavy atom. The third kappa shape index (κ3) is 5.47. The lowest BCUT2D eigenvalue weighted by molar-refractivity contribution is 0.299. The first-order valence-electron chi connectivity index (χ1n) is 9.42. The van der Waals surface area contributed by atoms with Gasteiger partial charge < -0.3 is 10.1 Å². The van der Waals surface area contributed by atoms with Crippen LogP contribution in [-0.2, 0) is 13.2 Å². The Balaban J connectivity index is 0.00000261. The summed E-state index contributed by atoms with van der Waals surface area (Å²) in [6, 6.07) is 21.3. The Bertz CT molecular complexity index is 871. The average Bonchev–Trinajstić information content (AvgIpc) is 2.66. The summed E-state index contributed by atoms with van der Waals surface area (Å²) in [4.78, 5) is 0. The zero-order chi connectivity index (χ0) is 18.6. The monoisotopic (exact) mass is 383 g/mol. The van der Waals surface area contributed by atoms with Crippen LogP contribution in [0.25, 0.3) is 10.8 Å². The molecule has 0 aliphatic heterocycles. The molecular weight excluding hydrogens is 354 g/mol. The zero-order valence-electron chi connectivity index (χ0n) is 16.7. The molecule has 1 N–H and O–H groups in total. The van der Waals surface area contributed by atoms with Gasteiger partial charge in [-0.2, -0.15) is 0 Å². The molecule has 2 nitrogen and oxygen atoms in total. The number of aryl methyl sites for hydroxylation is 1. The van der Waals surface area contributed by atoms with Gasteiger partial charge in [0, 0.05) is 17.6 Å². The molecule has 0 unspecified atom stereocenters. The number of rotatable bonds is 7. The number of halogens is 1. The highest BCUT2D eigenvalue weighted by Gasteiger charge is 2.16. The first kappa shape index (κ1) is 21.3. The smallest absolute Gasteiger partial charge is 0.124 e. The Morgan fingerprint density at radius 1 is 0.926 bits per heavy atom. The molecule has 0 aliphatic rings. The largest absolute Gasteiger partial charge is 0.489 e. The molecule has 0 heterocycles. The van der Waals surface area contributed by atoms with E-state index < -0.39 is 0 Å². The minimum Gasteiger partial charge on any atom is -0.489 e. The van der Waals surface area contributed by atoms with Gasteiger partial charge in [0.1, 0.15) is 12.4 Å². The summed E-state index contributed by atoms with van der Waals surface area (Å²) in [5, 5.41) is 6.19. The van der Waals surface area contributed by atoms with Crippen LogP contribution in [0.5, 0.6) is 5.75 Å². The second-order valence-electron chi connectivity index (χ2n) is 7.63. The van der Waals surface area contributed by atoms with Gasteiger partial charge in [-0.25, -0.2) is 0 Å². The molecular formula is C24H30ClNO. The van der Waals surface area contributed by atoms with E-state index in [2.05, 4.69) is 93.7 Å².